The highest BCUT2D eigenvalue weighted by Crippen LogP contribution is 2.24. The molecule has 30 heavy (non-hydrogen) atoms. The van der Waals surface area contributed by atoms with Crippen LogP contribution >= 0.6 is 11.8 Å². The molecule has 0 radical (unpaired) electrons. The Balaban J connectivity index is 1.84. The van der Waals surface area contributed by atoms with Crippen LogP contribution in [0.25, 0.3) is 10.9 Å². The van der Waals surface area contributed by atoms with E-state index in [1.165, 1.54) is 16.7 Å². The number of carbonyl (C=O) groups is 1. The fourth-order valence-corrected chi connectivity index (χ4v) is 4.05. The van der Waals surface area contributed by atoms with E-state index in [2.05, 4.69) is 19.4 Å². The standard InChI is InChI=1S/C23H28N4O2S/c1-16-10-12-18(13-11-16)24-21(28)17(2)30-23-25-20-9-6-5-8-19(20)22(29)27(23)15-7-14-26(3)4/h5-6,8-13,17H,7,14-15H2,1-4H3,(H,24,28)/p+1/t17-/m1/s1. The van der Waals surface area contributed by atoms with E-state index in [-0.39, 0.29) is 11.5 Å². The molecule has 3 rings (SSSR count). The Morgan fingerprint density at radius 3 is 2.57 bits per heavy atom. The smallest absolute Gasteiger partial charge is 0.262 e. The van der Waals surface area contributed by atoms with Gasteiger partial charge in [-0.05, 0) is 38.1 Å². The van der Waals surface area contributed by atoms with Crippen molar-refractivity contribution in [2.45, 2.75) is 37.2 Å². The van der Waals surface area contributed by atoms with Crippen molar-refractivity contribution in [3.05, 3.63) is 64.4 Å². The Labute approximate surface area is 181 Å². The molecule has 1 atom stereocenters. The Morgan fingerprint density at radius 1 is 1.17 bits per heavy atom. The maximum atomic E-state index is 13.1. The monoisotopic (exact) mass is 425 g/mol. The van der Waals surface area contributed by atoms with Crippen LogP contribution in [0.2, 0.25) is 0 Å². The molecule has 0 unspecified atom stereocenters. The molecule has 158 valence electrons. The molecular weight excluding hydrogens is 396 g/mol. The molecule has 1 heterocycles. The number of fused-ring (bicyclic) bond motifs is 1. The first-order chi connectivity index (χ1) is 14.3. The maximum absolute atomic E-state index is 13.1. The van der Waals surface area contributed by atoms with Crippen molar-refractivity contribution < 1.29 is 9.69 Å². The number of hydrogen-bond acceptors (Lipinski definition) is 4. The Bertz CT molecular complexity index is 1080. The molecule has 0 saturated carbocycles. The Kier molecular flexibility index (Phi) is 7.29. The number of thioether (sulfide) groups is 1. The number of aryl methyl sites for hydroxylation is 1. The van der Waals surface area contributed by atoms with Crippen LogP contribution in [0.1, 0.15) is 18.9 Å². The highest BCUT2D eigenvalue weighted by molar-refractivity contribution is 8.00. The topological polar surface area (TPSA) is 68.4 Å². The molecule has 1 amide bonds. The number of aromatic nitrogens is 2. The molecule has 3 aromatic rings. The van der Waals surface area contributed by atoms with Gasteiger partial charge in [0.25, 0.3) is 5.56 Å². The summed E-state index contributed by atoms with van der Waals surface area (Å²) in [6, 6.07) is 15.1. The molecule has 0 aliphatic rings. The minimum Gasteiger partial charge on any atom is -0.340 e. The van der Waals surface area contributed by atoms with E-state index in [1.807, 2.05) is 56.3 Å². The molecule has 7 heteroatoms. The second kappa shape index (κ2) is 9.91. The quantitative estimate of drug-likeness (QED) is 0.429. The normalized spacial score (nSPS) is 12.3. The van der Waals surface area contributed by atoms with Crippen molar-refractivity contribution in [3.8, 4) is 0 Å². The number of carbonyl (C=O) groups excluding carboxylic acids is 1. The van der Waals surface area contributed by atoms with Crippen LogP contribution in [0.15, 0.2) is 58.5 Å². The summed E-state index contributed by atoms with van der Waals surface area (Å²) in [5.41, 5.74) is 2.50. The highest BCUT2D eigenvalue weighted by atomic mass is 32.2. The molecule has 2 aromatic carbocycles. The van der Waals surface area contributed by atoms with Gasteiger partial charge in [-0.15, -0.1) is 0 Å². The van der Waals surface area contributed by atoms with E-state index in [0.717, 1.165) is 24.2 Å². The van der Waals surface area contributed by atoms with Gasteiger partial charge in [0, 0.05) is 18.7 Å². The fraction of sp³-hybridized carbons (Fsp3) is 0.348. The average Bonchev–Trinajstić information content (AvgIpc) is 2.71. The van der Waals surface area contributed by atoms with Gasteiger partial charge in [-0.3, -0.25) is 14.2 Å². The molecule has 0 fully saturated rings. The van der Waals surface area contributed by atoms with Crippen molar-refractivity contribution in [1.29, 1.82) is 0 Å². The van der Waals surface area contributed by atoms with E-state index in [4.69, 9.17) is 4.98 Å². The molecule has 0 aliphatic carbocycles. The van der Waals surface area contributed by atoms with E-state index in [1.54, 1.807) is 10.6 Å². The van der Waals surface area contributed by atoms with Gasteiger partial charge < -0.3 is 10.2 Å². The summed E-state index contributed by atoms with van der Waals surface area (Å²) in [7, 11) is 4.18. The van der Waals surface area contributed by atoms with Gasteiger partial charge in [0.1, 0.15) is 0 Å². The Morgan fingerprint density at radius 2 is 1.87 bits per heavy atom. The molecule has 1 aromatic heterocycles. The van der Waals surface area contributed by atoms with Gasteiger partial charge in [-0.25, -0.2) is 4.98 Å². The molecule has 6 nitrogen and oxygen atoms in total. The lowest BCUT2D eigenvalue weighted by molar-refractivity contribution is -0.858. The average molecular weight is 426 g/mol. The Hall–Kier alpha value is -2.64. The van der Waals surface area contributed by atoms with Gasteiger partial charge in [-0.1, -0.05) is 41.6 Å². The minimum absolute atomic E-state index is 0.0528. The third-order valence-corrected chi connectivity index (χ3v) is 5.95. The lowest BCUT2D eigenvalue weighted by Gasteiger charge is -2.17. The minimum atomic E-state index is -0.398. The number of hydrogen-bond donors (Lipinski definition) is 2. The number of amides is 1. The van der Waals surface area contributed by atoms with Crippen LogP contribution in [-0.2, 0) is 11.3 Å². The highest BCUT2D eigenvalue weighted by Gasteiger charge is 2.19. The van der Waals surface area contributed by atoms with Crippen LogP contribution in [0.4, 0.5) is 5.69 Å². The predicted molar refractivity (Wildman–Crippen MR) is 123 cm³/mol. The lowest BCUT2D eigenvalue weighted by atomic mass is 10.2. The van der Waals surface area contributed by atoms with Gasteiger partial charge in [0.2, 0.25) is 5.91 Å². The summed E-state index contributed by atoms with van der Waals surface area (Å²) in [6.07, 6.45) is 0.861. The zero-order valence-corrected chi connectivity index (χ0v) is 18.8. The number of nitrogens with one attached hydrogen (secondary N) is 2. The molecular formula is C23H29N4O2S+. The number of rotatable bonds is 8. The number of benzene rings is 2. The molecule has 2 N–H and O–H groups in total. The van der Waals surface area contributed by atoms with Crippen LogP contribution in [0, 0.1) is 6.92 Å². The zero-order valence-electron chi connectivity index (χ0n) is 17.9. The number of anilines is 1. The van der Waals surface area contributed by atoms with Crippen LogP contribution in [0.5, 0.6) is 0 Å². The van der Waals surface area contributed by atoms with E-state index in [0.29, 0.717) is 22.6 Å². The van der Waals surface area contributed by atoms with Crippen molar-refractivity contribution in [2.24, 2.45) is 0 Å². The van der Waals surface area contributed by atoms with Gasteiger partial charge >= 0.3 is 0 Å². The van der Waals surface area contributed by atoms with Gasteiger partial charge in [-0.2, -0.15) is 0 Å². The second-order valence-electron chi connectivity index (χ2n) is 7.79. The maximum Gasteiger partial charge on any atom is 0.262 e. The molecule has 0 saturated heterocycles. The lowest BCUT2D eigenvalue weighted by Crippen LogP contribution is -3.05. The van der Waals surface area contributed by atoms with Crippen LogP contribution in [0.3, 0.4) is 0 Å². The van der Waals surface area contributed by atoms with E-state index in [9.17, 15) is 9.59 Å². The second-order valence-corrected chi connectivity index (χ2v) is 9.10. The number of nitrogens with zero attached hydrogens (tertiary/aromatic N) is 2. The number of para-hydroxylation sites is 1. The first-order valence-electron chi connectivity index (χ1n) is 10.2. The van der Waals surface area contributed by atoms with Crippen LogP contribution in [-0.4, -0.2) is 41.3 Å². The first-order valence-corrected chi connectivity index (χ1v) is 11.1. The van der Waals surface area contributed by atoms with Gasteiger partial charge in [0.05, 0.1) is 36.8 Å². The summed E-state index contributed by atoms with van der Waals surface area (Å²) in [5.74, 6) is -0.115. The van der Waals surface area contributed by atoms with Crippen molar-refractivity contribution >= 4 is 34.3 Å². The SMILES string of the molecule is Cc1ccc(NC(=O)[C@@H](C)Sc2nc3ccccc3c(=O)n2CCC[NH+](C)C)cc1. The summed E-state index contributed by atoms with van der Waals surface area (Å²) >= 11 is 1.32. The van der Waals surface area contributed by atoms with Gasteiger partial charge in [0.15, 0.2) is 5.16 Å². The number of quaternary nitrogens is 1. The van der Waals surface area contributed by atoms with E-state index >= 15 is 0 Å². The third-order valence-electron chi connectivity index (χ3n) is 4.86. The van der Waals surface area contributed by atoms with E-state index < -0.39 is 5.25 Å². The molecule has 0 aliphatic heterocycles. The summed E-state index contributed by atoms with van der Waals surface area (Å²) in [4.78, 5) is 31.9. The summed E-state index contributed by atoms with van der Waals surface area (Å²) < 4.78 is 1.71. The van der Waals surface area contributed by atoms with Crippen molar-refractivity contribution in [3.63, 3.8) is 0 Å². The summed E-state index contributed by atoms with van der Waals surface area (Å²) in [6.45, 7) is 5.37. The summed E-state index contributed by atoms with van der Waals surface area (Å²) in [5, 5.41) is 3.73. The first kappa shape index (κ1) is 22.1. The zero-order chi connectivity index (χ0) is 21.7. The fourth-order valence-electron chi connectivity index (χ4n) is 3.12. The molecule has 0 spiro atoms. The molecule has 0 bridgehead atoms. The van der Waals surface area contributed by atoms with Crippen molar-refractivity contribution in [1.82, 2.24) is 9.55 Å². The largest absolute Gasteiger partial charge is 0.340 e. The van der Waals surface area contributed by atoms with Crippen molar-refractivity contribution in [2.75, 3.05) is 26.0 Å². The third kappa shape index (κ3) is 5.49. The predicted octanol–water partition coefficient (Wildman–Crippen LogP) is 2.36. The van der Waals surface area contributed by atoms with Crippen LogP contribution < -0.4 is 15.8 Å².